The maximum Gasteiger partial charge on any atom is 0.244 e. The van der Waals surface area contributed by atoms with Crippen LogP contribution < -0.4 is 29.7 Å². The minimum Gasteiger partial charge on any atom is -0.497 e. The minimum absolute atomic E-state index is 0.0203. The Morgan fingerprint density at radius 1 is 0.921 bits per heavy atom. The molecule has 1 aromatic heterocycles. The Hall–Kier alpha value is -4.79. The summed E-state index contributed by atoms with van der Waals surface area (Å²) in [6.45, 7) is 3.70. The fraction of sp³-hybridized carbons (Fsp3) is 0.207. The van der Waals surface area contributed by atoms with Gasteiger partial charge < -0.3 is 28.8 Å². The summed E-state index contributed by atoms with van der Waals surface area (Å²) in [6, 6.07) is 13.5. The van der Waals surface area contributed by atoms with Crippen LogP contribution in [0.25, 0.3) is 10.9 Å². The van der Waals surface area contributed by atoms with Crippen molar-refractivity contribution in [1.29, 1.82) is 0 Å². The van der Waals surface area contributed by atoms with Crippen LogP contribution in [-0.4, -0.2) is 37.3 Å². The smallest absolute Gasteiger partial charge is 0.244 e. The molecule has 38 heavy (non-hydrogen) atoms. The number of rotatable bonds is 7. The van der Waals surface area contributed by atoms with Gasteiger partial charge in [0.05, 0.1) is 30.7 Å². The van der Waals surface area contributed by atoms with Gasteiger partial charge in [-0.2, -0.15) is 0 Å². The topological polar surface area (TPSA) is 105 Å². The van der Waals surface area contributed by atoms with E-state index in [9.17, 15) is 14.4 Å². The average Bonchev–Trinajstić information content (AvgIpc) is 3.38. The number of anilines is 1. The Morgan fingerprint density at radius 3 is 2.26 bits per heavy atom. The first-order valence-corrected chi connectivity index (χ1v) is 11.9. The number of methoxy groups -OCH3 is 2. The van der Waals surface area contributed by atoms with Crippen molar-refractivity contribution in [2.75, 3.05) is 26.3 Å². The van der Waals surface area contributed by atoms with Crippen LogP contribution >= 0.6 is 0 Å². The van der Waals surface area contributed by atoms with Crippen LogP contribution in [0.2, 0.25) is 0 Å². The zero-order valence-corrected chi connectivity index (χ0v) is 21.4. The van der Waals surface area contributed by atoms with E-state index in [1.54, 1.807) is 47.0 Å². The van der Waals surface area contributed by atoms with Crippen LogP contribution in [0, 0.1) is 13.8 Å². The second kappa shape index (κ2) is 9.93. The molecule has 1 amide bonds. The molecule has 0 atom stereocenters. The average molecular weight is 515 g/mol. The molecule has 1 N–H and O–H groups in total. The van der Waals surface area contributed by atoms with Crippen molar-refractivity contribution in [3.05, 3.63) is 87.2 Å². The van der Waals surface area contributed by atoms with Crippen molar-refractivity contribution in [1.82, 2.24) is 4.57 Å². The number of fused-ring (bicyclic) bond motifs is 2. The first-order valence-electron chi connectivity index (χ1n) is 11.9. The van der Waals surface area contributed by atoms with Crippen LogP contribution in [-0.2, 0) is 11.3 Å². The summed E-state index contributed by atoms with van der Waals surface area (Å²) in [4.78, 5) is 40.1. The number of aromatic nitrogens is 1. The molecule has 0 fully saturated rings. The summed E-state index contributed by atoms with van der Waals surface area (Å²) in [5.41, 5.74) is 2.79. The van der Waals surface area contributed by atoms with Gasteiger partial charge in [-0.25, -0.2) is 0 Å². The zero-order chi connectivity index (χ0) is 27.0. The Labute approximate surface area is 218 Å². The fourth-order valence-corrected chi connectivity index (χ4v) is 4.35. The number of carbonyl (C=O) groups excluding carboxylic acids is 2. The van der Waals surface area contributed by atoms with Crippen molar-refractivity contribution < 1.29 is 28.5 Å². The summed E-state index contributed by atoms with van der Waals surface area (Å²) in [7, 11) is 3.04. The van der Waals surface area contributed by atoms with Crippen molar-refractivity contribution in [2.24, 2.45) is 0 Å². The van der Waals surface area contributed by atoms with Gasteiger partial charge in [-0.15, -0.1) is 0 Å². The third-order valence-corrected chi connectivity index (χ3v) is 6.54. The van der Waals surface area contributed by atoms with Gasteiger partial charge in [0.1, 0.15) is 18.0 Å². The quantitative estimate of drug-likeness (QED) is 0.368. The van der Waals surface area contributed by atoms with Gasteiger partial charge in [-0.05, 0) is 37.1 Å². The minimum atomic E-state index is -0.448. The van der Waals surface area contributed by atoms with Gasteiger partial charge in [-0.1, -0.05) is 12.1 Å². The lowest BCUT2D eigenvalue weighted by atomic mass is 9.98. The molecule has 2 heterocycles. The SMILES string of the molecule is COc1cc(NC(=O)Cn2cc(C(=O)c3ccc(C)c(C)c3)c(=O)c3cc4c(cc32)OCO4)cc(OC)c1. The van der Waals surface area contributed by atoms with Crippen LogP contribution in [0.15, 0.2) is 59.5 Å². The highest BCUT2D eigenvalue weighted by Gasteiger charge is 2.23. The van der Waals surface area contributed by atoms with Crippen molar-refractivity contribution in [3.8, 4) is 23.0 Å². The number of pyridine rings is 1. The van der Waals surface area contributed by atoms with E-state index in [2.05, 4.69) is 5.32 Å². The summed E-state index contributed by atoms with van der Waals surface area (Å²) in [6.07, 6.45) is 1.43. The van der Waals surface area contributed by atoms with E-state index in [4.69, 9.17) is 18.9 Å². The number of nitrogens with zero attached hydrogens (tertiary/aromatic N) is 1. The molecule has 0 aliphatic carbocycles. The van der Waals surface area contributed by atoms with Crippen molar-refractivity contribution in [3.63, 3.8) is 0 Å². The summed E-state index contributed by atoms with van der Waals surface area (Å²) < 4.78 is 23.1. The Balaban J connectivity index is 1.57. The molecule has 0 saturated carbocycles. The van der Waals surface area contributed by atoms with Crippen LogP contribution in [0.1, 0.15) is 27.0 Å². The fourth-order valence-electron chi connectivity index (χ4n) is 4.35. The first-order chi connectivity index (χ1) is 18.3. The predicted molar refractivity (Wildman–Crippen MR) is 142 cm³/mol. The van der Waals surface area contributed by atoms with E-state index >= 15 is 0 Å². The molecule has 194 valence electrons. The van der Waals surface area contributed by atoms with Crippen molar-refractivity contribution >= 4 is 28.3 Å². The van der Waals surface area contributed by atoms with E-state index in [1.165, 1.54) is 20.4 Å². The third-order valence-electron chi connectivity index (χ3n) is 6.54. The molecular weight excluding hydrogens is 488 g/mol. The standard InChI is InChI=1S/C29H26N2O7/c1-16-5-6-18(7-17(16)2)28(33)23-13-31(24-12-26-25(37-15-38-26)11-22(24)29(23)34)14-27(32)30-19-8-20(35-3)10-21(9-19)36-4/h5-13H,14-15H2,1-4H3,(H,30,32). The lowest BCUT2D eigenvalue weighted by Gasteiger charge is -2.15. The molecule has 0 radical (unpaired) electrons. The van der Waals surface area contributed by atoms with E-state index in [0.29, 0.717) is 39.8 Å². The zero-order valence-electron chi connectivity index (χ0n) is 21.4. The maximum atomic E-state index is 13.5. The molecule has 3 aromatic carbocycles. The second-order valence-electron chi connectivity index (χ2n) is 9.00. The molecule has 0 spiro atoms. The van der Waals surface area contributed by atoms with Gasteiger partial charge >= 0.3 is 0 Å². The molecule has 4 aromatic rings. The summed E-state index contributed by atoms with van der Waals surface area (Å²) in [5, 5.41) is 3.08. The molecule has 1 aliphatic heterocycles. The Kier molecular flexibility index (Phi) is 6.50. The number of nitrogens with one attached hydrogen (secondary N) is 1. The van der Waals surface area contributed by atoms with Gasteiger partial charge in [0.2, 0.25) is 18.1 Å². The molecular formula is C29H26N2O7. The second-order valence-corrected chi connectivity index (χ2v) is 9.00. The molecule has 5 rings (SSSR count). The van der Waals surface area contributed by atoms with Gasteiger partial charge in [0.15, 0.2) is 17.3 Å². The van der Waals surface area contributed by atoms with E-state index in [1.807, 2.05) is 19.9 Å². The van der Waals surface area contributed by atoms with E-state index in [0.717, 1.165) is 11.1 Å². The van der Waals surface area contributed by atoms with Crippen molar-refractivity contribution in [2.45, 2.75) is 20.4 Å². The number of ether oxygens (including phenoxy) is 4. The predicted octanol–water partition coefficient (Wildman–Crippen LogP) is 4.23. The monoisotopic (exact) mass is 514 g/mol. The first kappa shape index (κ1) is 24.9. The Bertz CT molecular complexity index is 1630. The molecule has 0 bridgehead atoms. The number of aryl methyl sites for hydroxylation is 2. The van der Waals surface area contributed by atoms with Gasteiger partial charge in [0.25, 0.3) is 0 Å². The highest BCUT2D eigenvalue weighted by Crippen LogP contribution is 2.35. The number of ketones is 1. The number of benzene rings is 3. The number of hydrogen-bond donors (Lipinski definition) is 1. The van der Waals surface area contributed by atoms with E-state index in [-0.39, 0.29) is 30.2 Å². The number of amides is 1. The van der Waals surface area contributed by atoms with Crippen LogP contribution in [0.3, 0.4) is 0 Å². The molecule has 9 heteroatoms. The number of hydrogen-bond acceptors (Lipinski definition) is 7. The van der Waals surface area contributed by atoms with Gasteiger partial charge in [-0.3, -0.25) is 14.4 Å². The number of carbonyl (C=O) groups is 2. The van der Waals surface area contributed by atoms with Crippen LogP contribution in [0.5, 0.6) is 23.0 Å². The normalized spacial score (nSPS) is 11.9. The van der Waals surface area contributed by atoms with E-state index < -0.39 is 11.2 Å². The summed E-state index contributed by atoms with van der Waals surface area (Å²) in [5.74, 6) is 1.09. The highest BCUT2D eigenvalue weighted by molar-refractivity contribution is 6.10. The third kappa shape index (κ3) is 4.66. The van der Waals surface area contributed by atoms with Crippen LogP contribution in [0.4, 0.5) is 5.69 Å². The lowest BCUT2D eigenvalue weighted by molar-refractivity contribution is -0.116. The Morgan fingerprint density at radius 2 is 1.61 bits per heavy atom. The largest absolute Gasteiger partial charge is 0.497 e. The highest BCUT2D eigenvalue weighted by atomic mass is 16.7. The molecule has 1 aliphatic rings. The molecule has 0 saturated heterocycles. The molecule has 0 unspecified atom stereocenters. The maximum absolute atomic E-state index is 13.5. The molecule has 9 nitrogen and oxygen atoms in total. The lowest BCUT2D eigenvalue weighted by Crippen LogP contribution is -2.24. The van der Waals surface area contributed by atoms with Gasteiger partial charge in [0, 0.05) is 41.7 Å². The summed E-state index contributed by atoms with van der Waals surface area (Å²) >= 11 is 0.